The predicted molar refractivity (Wildman–Crippen MR) is 128 cm³/mol. The summed E-state index contributed by atoms with van der Waals surface area (Å²) in [5.41, 5.74) is 0.852. The van der Waals surface area contributed by atoms with E-state index in [4.69, 9.17) is 4.74 Å². The lowest BCUT2D eigenvalue weighted by atomic mass is 10.1. The molecule has 35 heavy (non-hydrogen) atoms. The van der Waals surface area contributed by atoms with Gasteiger partial charge >= 0.3 is 6.09 Å². The second-order valence-corrected chi connectivity index (χ2v) is 11.0. The molecule has 0 saturated heterocycles. The van der Waals surface area contributed by atoms with E-state index in [0.29, 0.717) is 16.7 Å². The fourth-order valence-electron chi connectivity index (χ4n) is 3.45. The molecule has 0 aliphatic heterocycles. The number of alkyl carbamates (subject to hydrolysis) is 1. The van der Waals surface area contributed by atoms with E-state index in [0.717, 1.165) is 12.1 Å². The van der Waals surface area contributed by atoms with Crippen LogP contribution in [0.5, 0.6) is 0 Å². The Morgan fingerprint density at radius 1 is 1.03 bits per heavy atom. The fourth-order valence-corrected chi connectivity index (χ4v) is 4.79. The zero-order chi connectivity index (χ0) is 25.8. The Bertz CT molecular complexity index is 1300. The maximum atomic E-state index is 14.0. The quantitative estimate of drug-likeness (QED) is 0.464. The maximum Gasteiger partial charge on any atom is 0.408 e. The summed E-state index contributed by atoms with van der Waals surface area (Å²) in [6, 6.07) is 14.6. The number of hydrogen-bond acceptors (Lipinski definition) is 5. The maximum absolute atomic E-state index is 14.0. The zero-order valence-electron chi connectivity index (χ0n) is 19.6. The van der Waals surface area contributed by atoms with Gasteiger partial charge in [-0.25, -0.2) is 22.0 Å². The first-order valence-electron chi connectivity index (χ1n) is 10.9. The van der Waals surface area contributed by atoms with Crippen molar-refractivity contribution in [2.45, 2.75) is 43.1 Å². The van der Waals surface area contributed by atoms with Gasteiger partial charge in [-0.2, -0.15) is 0 Å². The molecule has 186 valence electrons. The van der Waals surface area contributed by atoms with Crippen LogP contribution in [0.1, 0.15) is 37.9 Å². The molecule has 0 aliphatic carbocycles. The molecule has 1 amide bonds. The third-order valence-electron chi connectivity index (χ3n) is 5.04. The van der Waals surface area contributed by atoms with Crippen molar-refractivity contribution in [2.24, 2.45) is 0 Å². The summed E-state index contributed by atoms with van der Waals surface area (Å²) in [6.07, 6.45) is -0.702. The monoisotopic (exact) mass is 503 g/mol. The lowest BCUT2D eigenvalue weighted by Gasteiger charge is -2.23. The van der Waals surface area contributed by atoms with Gasteiger partial charge in [0, 0.05) is 11.6 Å². The SMILES string of the molecule is CC(C)(C)OC(=O)N[C@@H](CO)c1cccc(CS(=O)(=O)c2ccc(-c3ccc(F)cc3F)cc2)c1. The van der Waals surface area contributed by atoms with Gasteiger partial charge in [-0.3, -0.25) is 0 Å². The van der Waals surface area contributed by atoms with E-state index in [1.807, 2.05) is 0 Å². The molecule has 3 aromatic rings. The summed E-state index contributed by atoms with van der Waals surface area (Å²) in [7, 11) is -3.75. The number of ether oxygens (including phenoxy) is 1. The van der Waals surface area contributed by atoms with Gasteiger partial charge in [-0.15, -0.1) is 0 Å². The minimum absolute atomic E-state index is 0.0414. The number of halogens is 2. The zero-order valence-corrected chi connectivity index (χ0v) is 20.4. The van der Waals surface area contributed by atoms with Gasteiger partial charge in [0.25, 0.3) is 0 Å². The first-order valence-corrected chi connectivity index (χ1v) is 12.5. The van der Waals surface area contributed by atoms with Gasteiger partial charge < -0.3 is 15.2 Å². The van der Waals surface area contributed by atoms with Crippen molar-refractivity contribution in [1.82, 2.24) is 5.32 Å². The van der Waals surface area contributed by atoms with Crippen LogP contribution < -0.4 is 5.32 Å². The molecule has 0 aliphatic rings. The fraction of sp³-hybridized carbons (Fsp3) is 0.269. The van der Waals surface area contributed by atoms with E-state index in [1.165, 1.54) is 30.3 Å². The molecule has 0 unspecified atom stereocenters. The summed E-state index contributed by atoms with van der Waals surface area (Å²) in [5.74, 6) is -1.76. The minimum Gasteiger partial charge on any atom is -0.444 e. The van der Waals surface area contributed by atoms with Gasteiger partial charge in [-0.1, -0.05) is 36.4 Å². The largest absolute Gasteiger partial charge is 0.444 e. The van der Waals surface area contributed by atoms with Gasteiger partial charge in [0.15, 0.2) is 9.84 Å². The molecule has 1 atom stereocenters. The van der Waals surface area contributed by atoms with Crippen molar-refractivity contribution in [1.29, 1.82) is 0 Å². The highest BCUT2D eigenvalue weighted by atomic mass is 32.2. The molecule has 3 rings (SSSR count). The van der Waals surface area contributed by atoms with E-state index < -0.39 is 45.8 Å². The van der Waals surface area contributed by atoms with Gasteiger partial charge in [-0.05, 0) is 61.7 Å². The van der Waals surface area contributed by atoms with Gasteiger partial charge in [0.2, 0.25) is 0 Å². The molecule has 0 aromatic heterocycles. The van der Waals surface area contributed by atoms with Crippen LogP contribution in [0, 0.1) is 11.6 Å². The van der Waals surface area contributed by atoms with E-state index in [9.17, 15) is 27.1 Å². The third kappa shape index (κ3) is 7.10. The number of rotatable bonds is 7. The standard InChI is InChI=1S/C26H27F2NO5S/c1-26(2,3)34-25(31)29-24(15-30)19-6-4-5-17(13-19)16-35(32,33)21-10-7-18(8-11-21)22-12-9-20(27)14-23(22)28/h4-14,24,30H,15-16H2,1-3H3,(H,29,31)/t24-/m0/s1. The molecule has 0 fully saturated rings. The Labute approximate surface area is 203 Å². The molecule has 0 heterocycles. The second-order valence-electron chi connectivity index (χ2n) is 9.03. The summed E-state index contributed by atoms with van der Waals surface area (Å²) in [5, 5.41) is 12.3. The number of aliphatic hydroxyl groups excluding tert-OH is 1. The number of amides is 1. The van der Waals surface area contributed by atoms with Crippen molar-refractivity contribution in [3.63, 3.8) is 0 Å². The first kappa shape index (κ1) is 26.3. The van der Waals surface area contributed by atoms with Crippen molar-refractivity contribution in [3.8, 4) is 11.1 Å². The molecular formula is C26H27F2NO5S. The average Bonchev–Trinajstić information content (AvgIpc) is 2.76. The molecule has 3 aromatic carbocycles. The normalized spacial score (nSPS) is 12.7. The van der Waals surface area contributed by atoms with Crippen LogP contribution in [-0.4, -0.2) is 31.8 Å². The highest BCUT2D eigenvalue weighted by molar-refractivity contribution is 7.90. The van der Waals surface area contributed by atoms with Crippen LogP contribution in [0.25, 0.3) is 11.1 Å². The van der Waals surface area contributed by atoms with Gasteiger partial charge in [0.1, 0.15) is 17.2 Å². The third-order valence-corrected chi connectivity index (χ3v) is 6.74. The predicted octanol–water partition coefficient (Wildman–Crippen LogP) is 5.16. The molecule has 0 spiro atoms. The number of carbonyl (C=O) groups is 1. The molecular weight excluding hydrogens is 476 g/mol. The Kier molecular flexibility index (Phi) is 7.92. The summed E-state index contributed by atoms with van der Waals surface area (Å²) in [4.78, 5) is 12.1. The minimum atomic E-state index is -3.75. The van der Waals surface area contributed by atoms with E-state index in [1.54, 1.807) is 45.0 Å². The molecule has 2 N–H and O–H groups in total. The van der Waals surface area contributed by atoms with Crippen LogP contribution in [0.4, 0.5) is 13.6 Å². The topological polar surface area (TPSA) is 92.7 Å². The highest BCUT2D eigenvalue weighted by Gasteiger charge is 2.21. The van der Waals surface area contributed by atoms with Crippen molar-refractivity contribution < 1.29 is 31.8 Å². The average molecular weight is 504 g/mol. The van der Waals surface area contributed by atoms with Crippen molar-refractivity contribution in [2.75, 3.05) is 6.61 Å². The number of carbonyl (C=O) groups excluding carboxylic acids is 1. The van der Waals surface area contributed by atoms with Crippen LogP contribution in [-0.2, 0) is 20.3 Å². The van der Waals surface area contributed by atoms with Crippen molar-refractivity contribution in [3.05, 3.63) is 89.5 Å². The Balaban J connectivity index is 1.77. The van der Waals surface area contributed by atoms with E-state index in [2.05, 4.69) is 5.32 Å². The summed E-state index contributed by atoms with van der Waals surface area (Å²) < 4.78 is 58.4. The number of aliphatic hydroxyl groups is 1. The molecule has 0 radical (unpaired) electrons. The Morgan fingerprint density at radius 3 is 2.31 bits per heavy atom. The first-order chi connectivity index (χ1) is 16.4. The number of benzene rings is 3. The molecule has 9 heteroatoms. The lowest BCUT2D eigenvalue weighted by molar-refractivity contribution is 0.0481. The van der Waals surface area contributed by atoms with Crippen LogP contribution >= 0.6 is 0 Å². The van der Waals surface area contributed by atoms with Crippen molar-refractivity contribution >= 4 is 15.9 Å². The summed E-state index contributed by atoms with van der Waals surface area (Å²) in [6.45, 7) is 4.75. The summed E-state index contributed by atoms with van der Waals surface area (Å²) >= 11 is 0. The Morgan fingerprint density at radius 2 is 1.71 bits per heavy atom. The second kappa shape index (κ2) is 10.5. The number of hydrogen-bond donors (Lipinski definition) is 2. The smallest absolute Gasteiger partial charge is 0.408 e. The van der Waals surface area contributed by atoms with Crippen LogP contribution in [0.2, 0.25) is 0 Å². The molecule has 6 nitrogen and oxygen atoms in total. The van der Waals surface area contributed by atoms with E-state index >= 15 is 0 Å². The van der Waals surface area contributed by atoms with E-state index in [-0.39, 0.29) is 16.2 Å². The lowest BCUT2D eigenvalue weighted by Crippen LogP contribution is -2.36. The highest BCUT2D eigenvalue weighted by Crippen LogP contribution is 2.26. The Hall–Kier alpha value is -3.30. The molecule has 0 bridgehead atoms. The van der Waals surface area contributed by atoms with Gasteiger partial charge in [0.05, 0.1) is 23.3 Å². The van der Waals surface area contributed by atoms with Crippen LogP contribution in [0.15, 0.2) is 71.6 Å². The molecule has 0 saturated carbocycles. The van der Waals surface area contributed by atoms with Crippen LogP contribution in [0.3, 0.4) is 0 Å². The number of sulfone groups is 1. The number of nitrogens with one attached hydrogen (secondary N) is 1.